The summed E-state index contributed by atoms with van der Waals surface area (Å²) in [5, 5.41) is 19.5. The van der Waals surface area contributed by atoms with Crippen molar-refractivity contribution in [2.75, 3.05) is 20.8 Å². The average Bonchev–Trinajstić information content (AvgIpc) is 3.06. The van der Waals surface area contributed by atoms with Crippen LogP contribution in [0.1, 0.15) is 23.2 Å². The molecule has 2 heterocycles. The quantitative estimate of drug-likeness (QED) is 0.763. The van der Waals surface area contributed by atoms with Crippen LogP contribution in [0, 0.1) is 39.4 Å². The highest BCUT2D eigenvalue weighted by atomic mass is 16.7. The van der Waals surface area contributed by atoms with Gasteiger partial charge in [-0.1, -0.05) is 0 Å². The maximum Gasteiger partial charge on any atom is 0.169 e. The highest BCUT2D eigenvalue weighted by Crippen LogP contribution is 2.76. The molecule has 1 spiro atoms. The number of nitrogens with zero attached hydrogens (tertiary/aromatic N) is 2. The van der Waals surface area contributed by atoms with Crippen molar-refractivity contribution in [2.24, 2.45) is 16.7 Å². The third-order valence-corrected chi connectivity index (χ3v) is 5.93. The van der Waals surface area contributed by atoms with E-state index in [0.29, 0.717) is 36.5 Å². The first-order valence-corrected chi connectivity index (χ1v) is 8.43. The number of ketones is 1. The maximum absolute atomic E-state index is 13.2. The van der Waals surface area contributed by atoms with Gasteiger partial charge in [0.15, 0.2) is 29.0 Å². The van der Waals surface area contributed by atoms with Gasteiger partial charge in [0.25, 0.3) is 0 Å². The van der Waals surface area contributed by atoms with Gasteiger partial charge in [-0.3, -0.25) is 4.79 Å². The molecule has 0 radical (unpaired) electrons. The lowest BCUT2D eigenvalue weighted by molar-refractivity contribution is -0.140. The lowest BCUT2D eigenvalue weighted by Gasteiger charge is -2.29. The second-order valence-corrected chi connectivity index (χ2v) is 6.90. The summed E-state index contributed by atoms with van der Waals surface area (Å²) >= 11 is 0. The Bertz CT molecular complexity index is 840. The average molecular weight is 354 g/mol. The van der Waals surface area contributed by atoms with Gasteiger partial charge in [-0.25, -0.2) is 0 Å². The van der Waals surface area contributed by atoms with Crippen molar-refractivity contribution in [2.45, 2.75) is 25.2 Å². The van der Waals surface area contributed by atoms with Crippen molar-refractivity contribution in [1.29, 1.82) is 10.5 Å². The number of rotatable bonds is 4. The van der Waals surface area contributed by atoms with Crippen LogP contribution in [0.3, 0.4) is 0 Å². The molecule has 0 N–H and O–H groups in total. The van der Waals surface area contributed by atoms with E-state index in [2.05, 4.69) is 12.1 Å². The molecule has 26 heavy (non-hydrogen) atoms. The number of benzene rings is 1. The third kappa shape index (κ3) is 1.90. The fourth-order valence-corrected chi connectivity index (χ4v) is 4.56. The van der Waals surface area contributed by atoms with Crippen molar-refractivity contribution in [3.63, 3.8) is 0 Å². The van der Waals surface area contributed by atoms with E-state index in [-0.39, 0.29) is 11.9 Å². The number of carbonyl (C=O) groups excluding carboxylic acids is 1. The van der Waals surface area contributed by atoms with Crippen molar-refractivity contribution in [3.05, 3.63) is 23.8 Å². The van der Waals surface area contributed by atoms with Crippen LogP contribution in [0.4, 0.5) is 0 Å². The molecule has 2 aliphatic heterocycles. The summed E-state index contributed by atoms with van der Waals surface area (Å²) in [5.41, 5.74) is -1.97. The number of fused-ring (bicyclic) bond motifs is 3. The number of ether oxygens (including phenoxy) is 4. The number of nitriles is 2. The Morgan fingerprint density at radius 1 is 1.23 bits per heavy atom. The molecule has 7 nitrogen and oxygen atoms in total. The van der Waals surface area contributed by atoms with E-state index in [0.717, 1.165) is 0 Å². The Labute approximate surface area is 151 Å². The van der Waals surface area contributed by atoms with E-state index < -0.39 is 23.0 Å². The molecule has 134 valence electrons. The van der Waals surface area contributed by atoms with Crippen LogP contribution in [0.15, 0.2) is 18.2 Å². The van der Waals surface area contributed by atoms with Crippen LogP contribution < -0.4 is 9.47 Å². The molecule has 1 aliphatic carbocycles. The minimum absolute atomic E-state index is 0.0156. The lowest BCUT2D eigenvalue weighted by Crippen LogP contribution is -2.35. The molecule has 1 aromatic carbocycles. The molecule has 2 saturated heterocycles. The van der Waals surface area contributed by atoms with Gasteiger partial charge in [0.05, 0.1) is 50.4 Å². The zero-order chi connectivity index (χ0) is 18.5. The molecule has 0 unspecified atom stereocenters. The van der Waals surface area contributed by atoms with E-state index in [4.69, 9.17) is 18.9 Å². The monoisotopic (exact) mass is 354 g/mol. The first-order valence-electron chi connectivity index (χ1n) is 8.43. The van der Waals surface area contributed by atoms with E-state index in [1.807, 2.05) is 0 Å². The van der Waals surface area contributed by atoms with Gasteiger partial charge in [0, 0.05) is 5.56 Å². The summed E-state index contributed by atoms with van der Waals surface area (Å²) in [5.74, 6) is -0.132. The van der Waals surface area contributed by atoms with Crippen molar-refractivity contribution >= 4 is 5.78 Å². The van der Waals surface area contributed by atoms with Gasteiger partial charge < -0.3 is 18.9 Å². The smallest absolute Gasteiger partial charge is 0.169 e. The van der Waals surface area contributed by atoms with Crippen molar-refractivity contribution in [1.82, 2.24) is 0 Å². The fourth-order valence-electron chi connectivity index (χ4n) is 4.56. The predicted octanol–water partition coefficient (Wildman–Crippen LogP) is 2.07. The minimum atomic E-state index is -1.43. The third-order valence-electron chi connectivity index (χ3n) is 5.93. The van der Waals surface area contributed by atoms with Gasteiger partial charge in [0.1, 0.15) is 0 Å². The second kappa shape index (κ2) is 5.70. The van der Waals surface area contributed by atoms with Crippen LogP contribution in [-0.4, -0.2) is 39.0 Å². The molecular weight excluding hydrogens is 336 g/mol. The molecule has 4 atom stereocenters. The first kappa shape index (κ1) is 16.8. The Morgan fingerprint density at radius 3 is 2.62 bits per heavy atom. The largest absolute Gasteiger partial charge is 0.493 e. The number of hydrogen-bond acceptors (Lipinski definition) is 7. The summed E-state index contributed by atoms with van der Waals surface area (Å²) in [6, 6.07) is 9.04. The number of carbonyl (C=O) groups is 1. The molecule has 4 rings (SSSR count). The Balaban J connectivity index is 1.74. The minimum Gasteiger partial charge on any atom is -0.493 e. The number of hydrogen-bond donors (Lipinski definition) is 0. The second-order valence-electron chi connectivity index (χ2n) is 6.90. The maximum atomic E-state index is 13.2. The Hall–Kier alpha value is -2.61. The van der Waals surface area contributed by atoms with Crippen LogP contribution in [0.2, 0.25) is 0 Å². The zero-order valence-corrected chi connectivity index (χ0v) is 14.5. The summed E-state index contributed by atoms with van der Waals surface area (Å²) in [7, 11) is 3.00. The molecule has 0 aromatic heterocycles. The van der Waals surface area contributed by atoms with Gasteiger partial charge in [-0.15, -0.1) is 0 Å². The van der Waals surface area contributed by atoms with Gasteiger partial charge >= 0.3 is 0 Å². The summed E-state index contributed by atoms with van der Waals surface area (Å²) in [6.45, 7) is 0.441. The predicted molar refractivity (Wildman–Crippen MR) is 87.3 cm³/mol. The van der Waals surface area contributed by atoms with Crippen LogP contribution in [0.25, 0.3) is 0 Å². The molecule has 1 saturated carbocycles. The van der Waals surface area contributed by atoms with E-state index in [1.54, 1.807) is 18.2 Å². The topological polar surface area (TPSA) is 102 Å². The fraction of sp³-hybridized carbons (Fsp3) is 0.526. The Kier molecular flexibility index (Phi) is 3.69. The molecular formula is C19H18N2O5. The zero-order valence-electron chi connectivity index (χ0n) is 14.5. The molecule has 0 amide bonds. The highest BCUT2D eigenvalue weighted by molar-refractivity contribution is 6.03. The summed E-state index contributed by atoms with van der Waals surface area (Å²) in [6.07, 6.45) is 0.539. The molecule has 3 fully saturated rings. The lowest BCUT2D eigenvalue weighted by atomic mass is 9.86. The van der Waals surface area contributed by atoms with E-state index >= 15 is 0 Å². The van der Waals surface area contributed by atoms with Crippen molar-refractivity contribution in [3.8, 4) is 23.6 Å². The molecule has 7 heteroatoms. The van der Waals surface area contributed by atoms with Crippen LogP contribution in [-0.2, 0) is 9.47 Å². The first-order chi connectivity index (χ1) is 12.6. The molecule has 1 aromatic rings. The number of Topliss-reactive ketones (excluding diaryl/α,β-unsaturated/α-hetero) is 1. The van der Waals surface area contributed by atoms with E-state index in [1.165, 1.54) is 14.2 Å². The van der Waals surface area contributed by atoms with Crippen LogP contribution >= 0.6 is 0 Å². The van der Waals surface area contributed by atoms with Crippen molar-refractivity contribution < 1.29 is 23.7 Å². The van der Waals surface area contributed by atoms with Crippen LogP contribution in [0.5, 0.6) is 11.5 Å². The standard InChI is InChI=1S/C19H18N2O5/c1-23-13-4-3-11(7-14(13)24-2)15(22)16-18(9-20,10-21)19(16)6-5-12-8-25-17(19)26-12/h3-4,7,12,16-17H,5-6,8H2,1-2H3/t12-,16+,17-,19+/m0/s1. The van der Waals surface area contributed by atoms with Gasteiger partial charge in [-0.05, 0) is 31.0 Å². The van der Waals surface area contributed by atoms with E-state index in [9.17, 15) is 15.3 Å². The SMILES string of the molecule is COc1ccc(C(=O)[C@@H]2C(C#N)(C#N)[C@]23CC[C@H]2CO[C@H]3O2)cc1OC. The normalized spacial score (nSPS) is 33.2. The summed E-state index contributed by atoms with van der Waals surface area (Å²) in [4.78, 5) is 13.2. The number of methoxy groups -OCH3 is 2. The van der Waals surface area contributed by atoms with Gasteiger partial charge in [0.2, 0.25) is 0 Å². The highest BCUT2D eigenvalue weighted by Gasteiger charge is 2.86. The Morgan fingerprint density at radius 2 is 1.96 bits per heavy atom. The molecule has 3 aliphatic rings. The molecule has 2 bridgehead atoms. The van der Waals surface area contributed by atoms with Gasteiger partial charge in [-0.2, -0.15) is 10.5 Å². The summed E-state index contributed by atoms with van der Waals surface area (Å²) < 4.78 is 22.0.